The van der Waals surface area contributed by atoms with Crippen LogP contribution < -0.4 is 0 Å². The highest BCUT2D eigenvalue weighted by molar-refractivity contribution is 6.74. The first-order valence-corrected chi connectivity index (χ1v) is 8.92. The highest BCUT2D eigenvalue weighted by Crippen LogP contribution is 2.37. The van der Waals surface area contributed by atoms with E-state index in [0.717, 1.165) is 6.42 Å². The van der Waals surface area contributed by atoms with Crippen molar-refractivity contribution in [2.24, 2.45) is 0 Å². The molecule has 0 fully saturated rings. The number of aliphatic hydroxyl groups is 1. The summed E-state index contributed by atoms with van der Waals surface area (Å²) in [6.45, 7) is 13.4. The van der Waals surface area contributed by atoms with Crippen LogP contribution in [0.15, 0.2) is 0 Å². The van der Waals surface area contributed by atoms with Crippen molar-refractivity contribution in [3.63, 3.8) is 0 Å². The SMILES string of the molecule is CCC(C#CCCO)O[Si](C)(C)C(C)(C)C. The first-order chi connectivity index (χ1) is 7.24. The third-order valence-corrected chi connectivity index (χ3v) is 7.60. The Morgan fingerprint density at radius 2 is 1.88 bits per heavy atom. The minimum Gasteiger partial charge on any atom is -0.403 e. The smallest absolute Gasteiger partial charge is 0.193 e. The summed E-state index contributed by atoms with van der Waals surface area (Å²) in [5.41, 5.74) is 0. The van der Waals surface area contributed by atoms with Crippen molar-refractivity contribution in [2.45, 2.75) is 64.8 Å². The van der Waals surface area contributed by atoms with Crippen molar-refractivity contribution in [1.29, 1.82) is 0 Å². The van der Waals surface area contributed by atoms with Crippen LogP contribution in [0.1, 0.15) is 40.5 Å². The van der Waals surface area contributed by atoms with E-state index < -0.39 is 8.32 Å². The third-order valence-electron chi connectivity index (χ3n) is 3.11. The molecule has 0 saturated carbocycles. The first kappa shape index (κ1) is 15.7. The Labute approximate surface area is 102 Å². The average molecular weight is 242 g/mol. The van der Waals surface area contributed by atoms with Gasteiger partial charge in [-0.2, -0.15) is 0 Å². The van der Waals surface area contributed by atoms with Crippen LogP contribution in [0.2, 0.25) is 18.1 Å². The zero-order valence-electron chi connectivity index (χ0n) is 11.6. The zero-order chi connectivity index (χ0) is 12.8. The first-order valence-electron chi connectivity index (χ1n) is 6.01. The topological polar surface area (TPSA) is 29.5 Å². The largest absolute Gasteiger partial charge is 0.403 e. The Hall–Kier alpha value is -0.303. The average Bonchev–Trinajstić information content (AvgIpc) is 2.14. The van der Waals surface area contributed by atoms with Crippen LogP contribution in [0.25, 0.3) is 0 Å². The molecule has 0 bridgehead atoms. The van der Waals surface area contributed by atoms with Gasteiger partial charge in [0.2, 0.25) is 0 Å². The Balaban J connectivity index is 4.50. The second-order valence-corrected chi connectivity index (χ2v) is 10.3. The Morgan fingerprint density at radius 3 is 2.25 bits per heavy atom. The Bertz CT molecular complexity index is 255. The van der Waals surface area contributed by atoms with Crippen LogP contribution in [0.3, 0.4) is 0 Å². The molecule has 16 heavy (non-hydrogen) atoms. The van der Waals surface area contributed by atoms with Crippen molar-refractivity contribution >= 4 is 8.32 Å². The molecular weight excluding hydrogens is 216 g/mol. The minimum atomic E-state index is -1.71. The zero-order valence-corrected chi connectivity index (χ0v) is 12.6. The molecule has 1 atom stereocenters. The fourth-order valence-corrected chi connectivity index (χ4v) is 2.28. The molecule has 0 rings (SSSR count). The summed E-state index contributed by atoms with van der Waals surface area (Å²) in [7, 11) is -1.71. The van der Waals surface area contributed by atoms with E-state index >= 15 is 0 Å². The summed E-state index contributed by atoms with van der Waals surface area (Å²) >= 11 is 0. The van der Waals surface area contributed by atoms with Gasteiger partial charge in [-0.25, -0.2) is 0 Å². The van der Waals surface area contributed by atoms with Gasteiger partial charge in [0.15, 0.2) is 8.32 Å². The Kier molecular flexibility index (Phi) is 6.31. The molecule has 0 spiro atoms. The quantitative estimate of drug-likeness (QED) is 0.606. The van der Waals surface area contributed by atoms with Crippen molar-refractivity contribution in [3.05, 3.63) is 0 Å². The molecule has 2 nitrogen and oxygen atoms in total. The van der Waals surface area contributed by atoms with Crippen molar-refractivity contribution in [2.75, 3.05) is 6.61 Å². The monoisotopic (exact) mass is 242 g/mol. The van der Waals surface area contributed by atoms with Crippen LogP contribution in [0.4, 0.5) is 0 Å². The van der Waals surface area contributed by atoms with E-state index in [1.165, 1.54) is 0 Å². The van der Waals surface area contributed by atoms with E-state index in [1.54, 1.807) is 0 Å². The molecule has 0 aromatic rings. The van der Waals surface area contributed by atoms with Crippen LogP contribution in [-0.2, 0) is 4.43 Å². The van der Waals surface area contributed by atoms with Crippen molar-refractivity contribution < 1.29 is 9.53 Å². The second-order valence-electron chi connectivity index (χ2n) is 5.57. The van der Waals surface area contributed by atoms with E-state index in [0.29, 0.717) is 6.42 Å². The molecule has 0 heterocycles. The van der Waals surface area contributed by atoms with Crippen LogP contribution in [0.5, 0.6) is 0 Å². The summed E-state index contributed by atoms with van der Waals surface area (Å²) in [6.07, 6.45) is 1.47. The third kappa shape index (κ3) is 5.15. The lowest BCUT2D eigenvalue weighted by atomic mass is 10.2. The molecule has 3 heteroatoms. The normalized spacial score (nSPS) is 14.2. The van der Waals surface area contributed by atoms with Gasteiger partial charge in [0.05, 0.1) is 6.61 Å². The fraction of sp³-hybridized carbons (Fsp3) is 0.846. The lowest BCUT2D eigenvalue weighted by Crippen LogP contribution is -2.43. The van der Waals surface area contributed by atoms with Crippen molar-refractivity contribution in [1.82, 2.24) is 0 Å². The van der Waals surface area contributed by atoms with Gasteiger partial charge in [-0.05, 0) is 24.6 Å². The predicted molar refractivity (Wildman–Crippen MR) is 71.8 cm³/mol. The number of hydrogen-bond donors (Lipinski definition) is 1. The maximum absolute atomic E-state index is 8.68. The molecular formula is C13H26O2Si. The molecule has 1 unspecified atom stereocenters. The molecule has 0 aliphatic heterocycles. The molecule has 1 N–H and O–H groups in total. The highest BCUT2D eigenvalue weighted by atomic mass is 28.4. The van der Waals surface area contributed by atoms with Gasteiger partial charge in [-0.1, -0.05) is 39.5 Å². The fourth-order valence-electron chi connectivity index (χ4n) is 0.989. The van der Waals surface area contributed by atoms with Crippen LogP contribution in [-0.4, -0.2) is 26.1 Å². The molecule has 0 aromatic carbocycles. The van der Waals surface area contributed by atoms with Gasteiger partial charge in [-0.15, -0.1) is 0 Å². The predicted octanol–water partition coefficient (Wildman–Crippen LogP) is 3.17. The summed E-state index contributed by atoms with van der Waals surface area (Å²) < 4.78 is 6.18. The van der Waals surface area contributed by atoms with E-state index in [4.69, 9.17) is 9.53 Å². The van der Waals surface area contributed by atoms with E-state index in [2.05, 4.69) is 52.6 Å². The Morgan fingerprint density at radius 1 is 1.31 bits per heavy atom. The highest BCUT2D eigenvalue weighted by Gasteiger charge is 2.38. The summed E-state index contributed by atoms with van der Waals surface area (Å²) in [5.74, 6) is 6.06. The molecule has 0 saturated heterocycles. The maximum Gasteiger partial charge on any atom is 0.193 e. The standard InChI is InChI=1S/C13H26O2Si/c1-7-12(10-8-9-11-14)15-16(5,6)13(2,3)4/h12,14H,7,9,11H2,1-6H3. The lowest BCUT2D eigenvalue weighted by Gasteiger charge is -2.37. The summed E-state index contributed by atoms with van der Waals surface area (Å²) in [5, 5.41) is 8.90. The molecule has 0 aliphatic rings. The van der Waals surface area contributed by atoms with Crippen molar-refractivity contribution in [3.8, 4) is 11.8 Å². The van der Waals surface area contributed by atoms with Gasteiger partial charge >= 0.3 is 0 Å². The van der Waals surface area contributed by atoms with Gasteiger partial charge in [0, 0.05) is 6.42 Å². The van der Waals surface area contributed by atoms with Gasteiger partial charge in [-0.3, -0.25) is 0 Å². The molecule has 0 aromatic heterocycles. The molecule has 0 aliphatic carbocycles. The van der Waals surface area contributed by atoms with Crippen LogP contribution >= 0.6 is 0 Å². The molecule has 94 valence electrons. The minimum absolute atomic E-state index is 0.0208. The van der Waals surface area contributed by atoms with Crippen LogP contribution in [0, 0.1) is 11.8 Å². The summed E-state index contributed by atoms with van der Waals surface area (Å²) in [6, 6.07) is 0. The van der Waals surface area contributed by atoms with Gasteiger partial charge in [0.1, 0.15) is 6.10 Å². The van der Waals surface area contributed by atoms with Gasteiger partial charge < -0.3 is 9.53 Å². The summed E-state index contributed by atoms with van der Waals surface area (Å²) in [4.78, 5) is 0. The lowest BCUT2D eigenvalue weighted by molar-refractivity contribution is 0.229. The number of hydrogen-bond acceptors (Lipinski definition) is 2. The van der Waals surface area contributed by atoms with E-state index in [9.17, 15) is 0 Å². The second kappa shape index (κ2) is 6.44. The molecule has 0 radical (unpaired) electrons. The van der Waals surface area contributed by atoms with E-state index in [1.807, 2.05) is 0 Å². The molecule has 0 amide bonds. The van der Waals surface area contributed by atoms with E-state index in [-0.39, 0.29) is 17.7 Å². The van der Waals surface area contributed by atoms with Gasteiger partial charge in [0.25, 0.3) is 0 Å². The maximum atomic E-state index is 8.68. The number of rotatable bonds is 4. The number of aliphatic hydroxyl groups excluding tert-OH is 1.